The lowest BCUT2D eigenvalue weighted by Gasteiger charge is -2.09. The van der Waals surface area contributed by atoms with Crippen LogP contribution in [0.3, 0.4) is 0 Å². The van der Waals surface area contributed by atoms with Crippen LogP contribution in [0.5, 0.6) is 0 Å². The van der Waals surface area contributed by atoms with Gasteiger partial charge in [0.25, 0.3) is 5.56 Å². The minimum Gasteiger partial charge on any atom is -0.294 e. The summed E-state index contributed by atoms with van der Waals surface area (Å²) in [6.45, 7) is 4.23. The summed E-state index contributed by atoms with van der Waals surface area (Å²) in [5.41, 5.74) is 3.37. The molecule has 0 saturated heterocycles. The molecule has 0 aliphatic heterocycles. The molecule has 5 heteroatoms. The summed E-state index contributed by atoms with van der Waals surface area (Å²) in [5, 5.41) is 8.84. The van der Waals surface area contributed by atoms with Crippen molar-refractivity contribution in [2.75, 3.05) is 0 Å². The number of benzene rings is 1. The van der Waals surface area contributed by atoms with Crippen LogP contribution in [0.15, 0.2) is 29.3 Å². The zero-order valence-electron chi connectivity index (χ0n) is 10.6. The van der Waals surface area contributed by atoms with Crippen LogP contribution in [0.4, 0.5) is 0 Å². The van der Waals surface area contributed by atoms with Crippen molar-refractivity contribution in [3.05, 3.63) is 60.8 Å². The summed E-state index contributed by atoms with van der Waals surface area (Å²) in [4.78, 5) is 16.3. The summed E-state index contributed by atoms with van der Waals surface area (Å²) in [5.74, 6) is 0. The fraction of sp³-hybridized carbons (Fsp3) is 0.214. The molecule has 0 aliphatic rings. The van der Waals surface area contributed by atoms with E-state index < -0.39 is 0 Å². The molecule has 1 aromatic carbocycles. The molecule has 19 heavy (non-hydrogen) atoms. The van der Waals surface area contributed by atoms with E-state index in [1.54, 1.807) is 17.0 Å². The fourth-order valence-electron chi connectivity index (χ4n) is 1.79. The Balaban J connectivity index is 2.40. The van der Waals surface area contributed by atoms with Gasteiger partial charge in [-0.25, -0.2) is 4.98 Å². The SMILES string of the molecule is Cc1cc(C#N)ccc1Cn1cnc(C)c(I)c1=O. The molecule has 1 aromatic heterocycles. The quantitative estimate of drug-likeness (QED) is 0.768. The van der Waals surface area contributed by atoms with E-state index in [1.807, 2.05) is 48.6 Å². The van der Waals surface area contributed by atoms with Crippen LogP contribution in [0.2, 0.25) is 0 Å². The summed E-state index contributed by atoms with van der Waals surface area (Å²) in [6.07, 6.45) is 1.57. The van der Waals surface area contributed by atoms with Crippen molar-refractivity contribution >= 4 is 22.6 Å². The minimum atomic E-state index is -0.0307. The van der Waals surface area contributed by atoms with E-state index in [1.165, 1.54) is 0 Å². The third-order valence-corrected chi connectivity index (χ3v) is 4.21. The predicted octanol–water partition coefficient (Wildman–Crippen LogP) is 2.38. The zero-order valence-corrected chi connectivity index (χ0v) is 12.8. The Hall–Kier alpha value is -1.68. The Morgan fingerprint density at radius 1 is 1.42 bits per heavy atom. The van der Waals surface area contributed by atoms with E-state index in [0.717, 1.165) is 16.8 Å². The highest BCUT2D eigenvalue weighted by molar-refractivity contribution is 14.1. The van der Waals surface area contributed by atoms with Gasteiger partial charge in [-0.15, -0.1) is 0 Å². The normalized spacial score (nSPS) is 10.2. The number of nitrogens with zero attached hydrogens (tertiary/aromatic N) is 3. The van der Waals surface area contributed by atoms with Gasteiger partial charge in [-0.05, 0) is 59.7 Å². The van der Waals surface area contributed by atoms with Gasteiger partial charge >= 0.3 is 0 Å². The Kier molecular flexibility index (Phi) is 4.00. The van der Waals surface area contributed by atoms with E-state index in [4.69, 9.17) is 5.26 Å². The van der Waals surface area contributed by atoms with Gasteiger partial charge in [0, 0.05) is 0 Å². The molecule has 0 fully saturated rings. The van der Waals surface area contributed by atoms with Crippen LogP contribution >= 0.6 is 22.6 Å². The van der Waals surface area contributed by atoms with Gasteiger partial charge in [0.1, 0.15) is 0 Å². The van der Waals surface area contributed by atoms with E-state index in [2.05, 4.69) is 11.1 Å². The zero-order chi connectivity index (χ0) is 14.0. The Morgan fingerprint density at radius 2 is 2.16 bits per heavy atom. The van der Waals surface area contributed by atoms with Crippen LogP contribution in [0.25, 0.3) is 0 Å². The van der Waals surface area contributed by atoms with Crippen molar-refractivity contribution in [1.82, 2.24) is 9.55 Å². The number of hydrogen-bond donors (Lipinski definition) is 0. The maximum atomic E-state index is 12.1. The number of aryl methyl sites for hydroxylation is 2. The minimum absolute atomic E-state index is 0.0307. The van der Waals surface area contributed by atoms with Crippen LogP contribution < -0.4 is 5.56 Å². The largest absolute Gasteiger partial charge is 0.294 e. The molecule has 0 aliphatic carbocycles. The maximum absolute atomic E-state index is 12.1. The lowest BCUT2D eigenvalue weighted by atomic mass is 10.1. The van der Waals surface area contributed by atoms with E-state index in [-0.39, 0.29) is 5.56 Å². The van der Waals surface area contributed by atoms with Gasteiger partial charge in [-0.3, -0.25) is 9.36 Å². The second-order valence-electron chi connectivity index (χ2n) is 4.33. The highest BCUT2D eigenvalue weighted by Gasteiger charge is 2.07. The van der Waals surface area contributed by atoms with E-state index >= 15 is 0 Å². The van der Waals surface area contributed by atoms with Gasteiger partial charge in [0.15, 0.2) is 0 Å². The van der Waals surface area contributed by atoms with Crippen LogP contribution in [-0.2, 0) is 6.54 Å². The molecular formula is C14H12IN3O. The summed E-state index contributed by atoms with van der Waals surface area (Å²) >= 11 is 2.02. The Labute approximate surface area is 124 Å². The molecule has 0 atom stereocenters. The van der Waals surface area contributed by atoms with Crippen molar-refractivity contribution in [3.63, 3.8) is 0 Å². The molecular weight excluding hydrogens is 353 g/mol. The Morgan fingerprint density at radius 3 is 2.79 bits per heavy atom. The number of hydrogen-bond acceptors (Lipinski definition) is 3. The predicted molar refractivity (Wildman–Crippen MR) is 80.9 cm³/mol. The van der Waals surface area contributed by atoms with Gasteiger partial charge in [-0.2, -0.15) is 5.26 Å². The number of rotatable bonds is 2. The smallest absolute Gasteiger partial charge is 0.267 e. The van der Waals surface area contributed by atoms with Crippen molar-refractivity contribution in [2.24, 2.45) is 0 Å². The lowest BCUT2D eigenvalue weighted by Crippen LogP contribution is -2.24. The molecule has 0 unspecified atom stereocenters. The lowest BCUT2D eigenvalue weighted by molar-refractivity contribution is 0.720. The monoisotopic (exact) mass is 365 g/mol. The third kappa shape index (κ3) is 2.84. The first-order valence-corrected chi connectivity index (χ1v) is 6.82. The second kappa shape index (κ2) is 5.53. The molecule has 2 rings (SSSR count). The average molecular weight is 365 g/mol. The van der Waals surface area contributed by atoms with Gasteiger partial charge in [-0.1, -0.05) is 6.07 Å². The van der Waals surface area contributed by atoms with E-state index in [9.17, 15) is 4.79 Å². The van der Waals surface area contributed by atoms with E-state index in [0.29, 0.717) is 15.7 Å². The van der Waals surface area contributed by atoms with Crippen LogP contribution in [0, 0.1) is 28.7 Å². The standard InChI is InChI=1S/C14H12IN3O/c1-9-5-11(6-16)3-4-12(9)7-18-8-17-10(2)13(15)14(18)19/h3-5,8H,7H2,1-2H3. The van der Waals surface area contributed by atoms with Crippen molar-refractivity contribution in [3.8, 4) is 6.07 Å². The number of aromatic nitrogens is 2. The topological polar surface area (TPSA) is 58.7 Å². The highest BCUT2D eigenvalue weighted by atomic mass is 127. The molecule has 0 bridgehead atoms. The average Bonchev–Trinajstić information content (AvgIpc) is 2.41. The molecule has 96 valence electrons. The van der Waals surface area contributed by atoms with Crippen molar-refractivity contribution in [2.45, 2.75) is 20.4 Å². The number of nitriles is 1. The molecule has 0 radical (unpaired) electrons. The Bertz CT molecular complexity index is 728. The summed E-state index contributed by atoms with van der Waals surface area (Å²) < 4.78 is 2.23. The fourth-order valence-corrected chi connectivity index (χ4v) is 2.23. The first-order chi connectivity index (χ1) is 9.02. The molecule has 2 aromatic rings. The molecule has 4 nitrogen and oxygen atoms in total. The molecule has 0 amide bonds. The first kappa shape index (κ1) is 13.7. The number of halogens is 1. The van der Waals surface area contributed by atoms with Gasteiger partial charge in [0.2, 0.25) is 0 Å². The molecule has 0 saturated carbocycles. The third-order valence-electron chi connectivity index (χ3n) is 2.97. The van der Waals surface area contributed by atoms with Crippen molar-refractivity contribution in [1.29, 1.82) is 5.26 Å². The van der Waals surface area contributed by atoms with Crippen molar-refractivity contribution < 1.29 is 0 Å². The second-order valence-corrected chi connectivity index (χ2v) is 5.41. The molecule has 1 heterocycles. The van der Waals surface area contributed by atoms with Crippen LogP contribution in [-0.4, -0.2) is 9.55 Å². The summed E-state index contributed by atoms with van der Waals surface area (Å²) in [7, 11) is 0. The van der Waals surface area contributed by atoms with Crippen LogP contribution in [0.1, 0.15) is 22.4 Å². The molecule has 0 N–H and O–H groups in total. The maximum Gasteiger partial charge on any atom is 0.267 e. The highest BCUT2D eigenvalue weighted by Crippen LogP contribution is 2.12. The van der Waals surface area contributed by atoms with Gasteiger partial charge in [0.05, 0.1) is 33.8 Å². The molecule has 0 spiro atoms. The van der Waals surface area contributed by atoms with Gasteiger partial charge < -0.3 is 0 Å². The summed E-state index contributed by atoms with van der Waals surface area (Å²) in [6, 6.07) is 7.58. The first-order valence-electron chi connectivity index (χ1n) is 5.74.